The van der Waals surface area contributed by atoms with Crippen LogP contribution in [0.3, 0.4) is 0 Å². The van der Waals surface area contributed by atoms with Crippen LogP contribution in [0, 0.1) is 0 Å². The van der Waals surface area contributed by atoms with Crippen molar-refractivity contribution in [3.05, 3.63) is 0 Å². The van der Waals surface area contributed by atoms with Crippen LogP contribution in [0.1, 0.15) is 20.3 Å². The van der Waals surface area contributed by atoms with Crippen molar-refractivity contribution in [2.24, 2.45) is 5.73 Å². The van der Waals surface area contributed by atoms with Crippen molar-refractivity contribution in [2.75, 3.05) is 19.5 Å². The van der Waals surface area contributed by atoms with Crippen molar-refractivity contribution in [1.82, 2.24) is 0 Å². The molecule has 0 heterocycles. The number of hydrogen-bond donors (Lipinski definition) is 2. The summed E-state index contributed by atoms with van der Waals surface area (Å²) in [4.78, 5) is 11.2. The van der Waals surface area contributed by atoms with Crippen molar-refractivity contribution < 1.29 is 14.6 Å². The van der Waals surface area contributed by atoms with Crippen LogP contribution in [0.2, 0.25) is 0 Å². The number of hydrogen-bond acceptors (Lipinski definition) is 5. The van der Waals surface area contributed by atoms with Gasteiger partial charge in [-0.25, -0.2) is 0 Å². The van der Waals surface area contributed by atoms with Crippen LogP contribution in [0.15, 0.2) is 0 Å². The highest BCUT2D eigenvalue weighted by Crippen LogP contribution is 2.16. The Morgan fingerprint density at radius 3 is 2.71 bits per heavy atom. The minimum Gasteiger partial charge on any atom is -0.468 e. The normalized spacial score (nSPS) is 17.2. The molecule has 4 nitrogen and oxygen atoms in total. The maximum atomic E-state index is 11.2. The van der Waals surface area contributed by atoms with E-state index in [0.29, 0.717) is 6.42 Å². The Bertz CT molecular complexity index is 185. The molecular weight excluding hydrogens is 202 g/mol. The van der Waals surface area contributed by atoms with Crippen LogP contribution in [-0.4, -0.2) is 41.3 Å². The molecule has 0 spiro atoms. The average Bonchev–Trinajstić information content (AvgIpc) is 2.15. The van der Waals surface area contributed by atoms with Crippen LogP contribution in [0.4, 0.5) is 0 Å². The van der Waals surface area contributed by atoms with Gasteiger partial charge in [-0.2, -0.15) is 11.8 Å². The highest BCUT2D eigenvalue weighted by atomic mass is 32.2. The minimum absolute atomic E-state index is 0.143. The van der Waals surface area contributed by atoms with E-state index in [0.717, 1.165) is 5.75 Å². The predicted octanol–water partition coefficient (Wildman–Crippen LogP) is 0.381. The number of methoxy groups -OCH3 is 1. The lowest BCUT2D eigenvalue weighted by Crippen LogP contribution is -2.46. The lowest BCUT2D eigenvalue weighted by atomic mass is 10.0. The summed E-state index contributed by atoms with van der Waals surface area (Å²) in [5.74, 6) is 0.346. The molecule has 84 valence electrons. The van der Waals surface area contributed by atoms with E-state index in [4.69, 9.17) is 10.8 Å². The summed E-state index contributed by atoms with van der Waals surface area (Å²) in [5.41, 5.74) is 4.83. The summed E-state index contributed by atoms with van der Waals surface area (Å²) in [5, 5.41) is 8.96. The molecule has 0 aliphatic carbocycles. The molecule has 5 heteroatoms. The third-order valence-corrected chi connectivity index (χ3v) is 3.09. The van der Waals surface area contributed by atoms with Crippen molar-refractivity contribution >= 4 is 17.7 Å². The van der Waals surface area contributed by atoms with E-state index in [1.54, 1.807) is 18.7 Å². The Hall–Kier alpha value is -0.260. The average molecular weight is 221 g/mol. The zero-order chi connectivity index (χ0) is 11.2. The first-order valence-electron chi connectivity index (χ1n) is 4.53. The van der Waals surface area contributed by atoms with Crippen LogP contribution in [-0.2, 0) is 9.53 Å². The van der Waals surface area contributed by atoms with Gasteiger partial charge in [-0.05, 0) is 19.1 Å². The van der Waals surface area contributed by atoms with Gasteiger partial charge in [0.05, 0.1) is 13.7 Å². The monoisotopic (exact) mass is 221 g/mol. The van der Waals surface area contributed by atoms with Crippen LogP contribution in [0.25, 0.3) is 0 Å². The largest absolute Gasteiger partial charge is 0.468 e. The number of nitrogens with two attached hydrogens (primary N) is 1. The van der Waals surface area contributed by atoms with E-state index in [9.17, 15) is 4.79 Å². The SMILES string of the molecule is COC(=O)C(C)(N)CCSC(C)CO. The quantitative estimate of drug-likeness (QED) is 0.634. The fourth-order valence-corrected chi connectivity index (χ4v) is 1.91. The number of aliphatic hydroxyl groups is 1. The number of thioether (sulfide) groups is 1. The molecule has 14 heavy (non-hydrogen) atoms. The fourth-order valence-electron chi connectivity index (χ4n) is 0.860. The van der Waals surface area contributed by atoms with Gasteiger partial charge in [0.15, 0.2) is 0 Å². The Balaban J connectivity index is 3.82. The second kappa shape index (κ2) is 6.27. The lowest BCUT2D eigenvalue weighted by Gasteiger charge is -2.21. The molecule has 0 radical (unpaired) electrons. The highest BCUT2D eigenvalue weighted by molar-refractivity contribution is 7.99. The smallest absolute Gasteiger partial charge is 0.325 e. The molecular formula is C9H19NO3S. The zero-order valence-electron chi connectivity index (χ0n) is 8.95. The predicted molar refractivity (Wildman–Crippen MR) is 58.2 cm³/mol. The molecule has 0 aromatic carbocycles. The van der Waals surface area contributed by atoms with Crippen molar-refractivity contribution in [3.63, 3.8) is 0 Å². The summed E-state index contributed by atoms with van der Waals surface area (Å²) in [7, 11) is 1.33. The number of carbonyl (C=O) groups is 1. The fraction of sp³-hybridized carbons (Fsp3) is 0.889. The summed E-state index contributed by atoms with van der Waals surface area (Å²) in [6.45, 7) is 3.73. The molecule has 0 saturated heterocycles. The molecule has 0 aliphatic heterocycles. The zero-order valence-corrected chi connectivity index (χ0v) is 9.76. The van der Waals surface area contributed by atoms with Crippen molar-refractivity contribution in [1.29, 1.82) is 0 Å². The standard InChI is InChI=1S/C9H19NO3S/c1-7(6-11)14-5-4-9(2,10)8(12)13-3/h7,11H,4-6,10H2,1-3H3. The van der Waals surface area contributed by atoms with Gasteiger partial charge < -0.3 is 15.6 Å². The molecule has 0 aliphatic rings. The van der Waals surface area contributed by atoms with E-state index in [-0.39, 0.29) is 11.9 Å². The maximum absolute atomic E-state index is 11.2. The Morgan fingerprint density at radius 1 is 1.71 bits per heavy atom. The van der Waals surface area contributed by atoms with Gasteiger partial charge in [0.1, 0.15) is 5.54 Å². The first-order chi connectivity index (χ1) is 6.44. The minimum atomic E-state index is -0.920. The van der Waals surface area contributed by atoms with Gasteiger partial charge in [0.25, 0.3) is 0 Å². The summed E-state index contributed by atoms with van der Waals surface area (Å²) >= 11 is 1.59. The van der Waals surface area contributed by atoms with Gasteiger partial charge in [-0.3, -0.25) is 4.79 Å². The Morgan fingerprint density at radius 2 is 2.29 bits per heavy atom. The molecule has 0 aromatic rings. The van der Waals surface area contributed by atoms with Gasteiger partial charge in [0.2, 0.25) is 0 Å². The summed E-state index contributed by atoms with van der Waals surface area (Å²) in [6.07, 6.45) is 0.550. The number of esters is 1. The van der Waals surface area contributed by atoms with Crippen LogP contribution < -0.4 is 5.73 Å². The Kier molecular flexibility index (Phi) is 6.15. The van der Waals surface area contributed by atoms with E-state index in [1.165, 1.54) is 7.11 Å². The maximum Gasteiger partial charge on any atom is 0.325 e. The molecule has 0 rings (SSSR count). The van der Waals surface area contributed by atoms with Crippen LogP contribution in [0.5, 0.6) is 0 Å². The number of rotatable bonds is 6. The highest BCUT2D eigenvalue weighted by Gasteiger charge is 2.28. The van der Waals surface area contributed by atoms with Gasteiger partial charge in [-0.15, -0.1) is 0 Å². The summed E-state index contributed by atoms with van der Waals surface area (Å²) in [6, 6.07) is 0. The molecule has 0 fully saturated rings. The van der Waals surface area contributed by atoms with E-state index in [1.807, 2.05) is 6.92 Å². The van der Waals surface area contributed by atoms with E-state index >= 15 is 0 Å². The topological polar surface area (TPSA) is 72.5 Å². The Labute approximate surface area is 89.2 Å². The number of ether oxygens (including phenoxy) is 1. The first kappa shape index (κ1) is 13.7. The van der Waals surface area contributed by atoms with E-state index < -0.39 is 11.5 Å². The third-order valence-electron chi connectivity index (χ3n) is 1.93. The first-order valence-corrected chi connectivity index (χ1v) is 5.58. The van der Waals surface area contributed by atoms with E-state index in [2.05, 4.69) is 4.74 Å². The van der Waals surface area contributed by atoms with Gasteiger partial charge in [-0.1, -0.05) is 6.92 Å². The number of aliphatic hydroxyl groups excluding tert-OH is 1. The van der Waals surface area contributed by atoms with Crippen molar-refractivity contribution in [2.45, 2.75) is 31.1 Å². The molecule has 0 saturated carbocycles. The molecule has 3 N–H and O–H groups in total. The molecule has 2 unspecified atom stereocenters. The van der Waals surface area contributed by atoms with Crippen molar-refractivity contribution in [3.8, 4) is 0 Å². The summed E-state index contributed by atoms with van der Waals surface area (Å²) < 4.78 is 4.58. The van der Waals surface area contributed by atoms with Crippen LogP contribution >= 0.6 is 11.8 Å². The van der Waals surface area contributed by atoms with Gasteiger partial charge in [0, 0.05) is 5.25 Å². The lowest BCUT2D eigenvalue weighted by molar-refractivity contribution is -0.146. The third kappa shape index (κ3) is 4.83. The van der Waals surface area contributed by atoms with Gasteiger partial charge >= 0.3 is 5.97 Å². The molecule has 0 amide bonds. The number of carbonyl (C=O) groups excluding carboxylic acids is 1. The molecule has 0 bridgehead atoms. The second-order valence-electron chi connectivity index (χ2n) is 3.52. The molecule has 0 aromatic heterocycles. The second-order valence-corrected chi connectivity index (χ2v) is 5.07. The molecule has 2 atom stereocenters.